The Hall–Kier alpha value is -1.96. The summed E-state index contributed by atoms with van der Waals surface area (Å²) in [6.45, 7) is 8.08. The molecule has 35 heavy (non-hydrogen) atoms. The molecule has 3 aliphatic rings. The second-order valence-corrected chi connectivity index (χ2v) is 10.8. The molecule has 1 unspecified atom stereocenters. The van der Waals surface area contributed by atoms with E-state index in [0.717, 1.165) is 77.4 Å². The van der Waals surface area contributed by atoms with Gasteiger partial charge in [-0.2, -0.15) is 0 Å². The smallest absolute Gasteiger partial charge is 0.235 e. The van der Waals surface area contributed by atoms with Gasteiger partial charge in [0, 0.05) is 58.5 Å². The molecule has 2 aliphatic heterocycles. The summed E-state index contributed by atoms with van der Waals surface area (Å²) in [5, 5.41) is 3.04. The number of hydrogen-bond acceptors (Lipinski definition) is 5. The van der Waals surface area contributed by atoms with Crippen molar-refractivity contribution in [2.45, 2.75) is 63.8 Å². The number of rotatable bonds is 11. The molecule has 1 aromatic carbocycles. The van der Waals surface area contributed by atoms with Crippen LogP contribution >= 0.6 is 0 Å². The fourth-order valence-corrected chi connectivity index (χ4v) is 6.18. The second kappa shape index (κ2) is 12.8. The van der Waals surface area contributed by atoms with Crippen LogP contribution in [0.1, 0.15) is 56.9 Å². The van der Waals surface area contributed by atoms with Gasteiger partial charge in [0.2, 0.25) is 11.8 Å². The third kappa shape index (κ3) is 7.05. The van der Waals surface area contributed by atoms with Crippen LogP contribution in [0.2, 0.25) is 0 Å². The Labute approximate surface area is 210 Å². The first-order valence-corrected chi connectivity index (χ1v) is 13.7. The van der Waals surface area contributed by atoms with Crippen LogP contribution in [0.25, 0.3) is 0 Å². The lowest BCUT2D eigenvalue weighted by molar-refractivity contribution is -0.141. The predicted octanol–water partition coefficient (Wildman–Crippen LogP) is 2.58. The maximum Gasteiger partial charge on any atom is 0.235 e. The van der Waals surface area contributed by atoms with Crippen LogP contribution < -0.4 is 11.1 Å². The maximum atomic E-state index is 12.8. The normalized spacial score (nSPS) is 22.6. The molecule has 2 heterocycles. The van der Waals surface area contributed by atoms with E-state index in [-0.39, 0.29) is 5.91 Å². The number of nitrogens with one attached hydrogen (secondary N) is 1. The molecule has 0 aromatic heterocycles. The molecule has 0 spiro atoms. The fraction of sp³-hybridized carbons (Fsp3) is 0.714. The van der Waals surface area contributed by atoms with E-state index in [1.807, 2.05) is 0 Å². The van der Waals surface area contributed by atoms with Gasteiger partial charge in [0.1, 0.15) is 5.41 Å². The Morgan fingerprint density at radius 3 is 2.40 bits per heavy atom. The van der Waals surface area contributed by atoms with Crippen molar-refractivity contribution in [3.05, 3.63) is 35.9 Å². The molecule has 1 aromatic rings. The van der Waals surface area contributed by atoms with Crippen molar-refractivity contribution in [1.82, 2.24) is 15.1 Å². The minimum atomic E-state index is -0.982. The highest BCUT2D eigenvalue weighted by molar-refractivity contribution is 6.04. The number of benzene rings is 1. The van der Waals surface area contributed by atoms with E-state index in [2.05, 4.69) is 45.4 Å². The van der Waals surface area contributed by atoms with Crippen LogP contribution in [0.5, 0.6) is 0 Å². The van der Waals surface area contributed by atoms with Crippen molar-refractivity contribution < 1.29 is 14.3 Å². The number of nitrogens with zero attached hydrogens (tertiary/aromatic N) is 2. The zero-order valence-electron chi connectivity index (χ0n) is 21.3. The Bertz CT molecular complexity index is 798. The van der Waals surface area contributed by atoms with E-state index in [1.54, 1.807) is 0 Å². The molecule has 2 amide bonds. The maximum absolute atomic E-state index is 12.8. The van der Waals surface area contributed by atoms with Gasteiger partial charge in [-0.3, -0.25) is 14.5 Å². The number of carbonyl (C=O) groups is 2. The third-order valence-corrected chi connectivity index (χ3v) is 8.46. The standard InChI is InChI=1S/C28H44N4O3/c29-26(33)28(12-4-5-13-28)27(34)30-14-6-9-25(21-23-7-2-1-3-8-23)32-17-15-31(16-18-32)22-24-10-19-35-20-11-24/h1-3,7-8,24-25H,4-6,9-22H2,(H2,29,33)(H,30,34). The highest BCUT2D eigenvalue weighted by Gasteiger charge is 2.46. The van der Waals surface area contributed by atoms with E-state index in [0.29, 0.717) is 25.4 Å². The number of nitrogens with two attached hydrogens (primary N) is 1. The average molecular weight is 485 g/mol. The zero-order chi connectivity index (χ0) is 24.5. The molecule has 194 valence electrons. The van der Waals surface area contributed by atoms with Crippen LogP contribution in [-0.4, -0.2) is 80.1 Å². The van der Waals surface area contributed by atoms with Crippen molar-refractivity contribution in [3.8, 4) is 0 Å². The highest BCUT2D eigenvalue weighted by atomic mass is 16.5. The summed E-state index contributed by atoms with van der Waals surface area (Å²) in [7, 11) is 0. The van der Waals surface area contributed by atoms with Gasteiger partial charge in [-0.15, -0.1) is 0 Å². The first-order chi connectivity index (χ1) is 17.1. The molecule has 0 radical (unpaired) electrons. The van der Waals surface area contributed by atoms with Crippen LogP contribution in [-0.2, 0) is 20.7 Å². The largest absolute Gasteiger partial charge is 0.381 e. The summed E-state index contributed by atoms with van der Waals surface area (Å²) in [5.41, 5.74) is 6.01. The van der Waals surface area contributed by atoms with Gasteiger partial charge in [0.05, 0.1) is 0 Å². The molecule has 1 aliphatic carbocycles. The second-order valence-electron chi connectivity index (χ2n) is 10.8. The lowest BCUT2D eigenvalue weighted by Gasteiger charge is -2.41. The Balaban J connectivity index is 1.27. The van der Waals surface area contributed by atoms with Crippen molar-refractivity contribution in [3.63, 3.8) is 0 Å². The van der Waals surface area contributed by atoms with Crippen LogP contribution in [0.15, 0.2) is 30.3 Å². The minimum Gasteiger partial charge on any atom is -0.381 e. The predicted molar refractivity (Wildman–Crippen MR) is 138 cm³/mol. The molecule has 1 saturated carbocycles. The molecule has 3 N–H and O–H groups in total. The average Bonchev–Trinajstić information content (AvgIpc) is 3.39. The summed E-state index contributed by atoms with van der Waals surface area (Å²) >= 11 is 0. The van der Waals surface area contributed by atoms with Crippen molar-refractivity contribution in [2.75, 3.05) is 52.5 Å². The topological polar surface area (TPSA) is 87.9 Å². The molecule has 7 nitrogen and oxygen atoms in total. The molecule has 1 atom stereocenters. The fourth-order valence-electron chi connectivity index (χ4n) is 6.18. The summed E-state index contributed by atoms with van der Waals surface area (Å²) in [5.74, 6) is 0.152. The molecular weight excluding hydrogens is 440 g/mol. The van der Waals surface area contributed by atoms with Gasteiger partial charge < -0.3 is 20.7 Å². The highest BCUT2D eigenvalue weighted by Crippen LogP contribution is 2.38. The van der Waals surface area contributed by atoms with Crippen LogP contribution in [0.4, 0.5) is 0 Å². The van der Waals surface area contributed by atoms with Gasteiger partial charge in [-0.05, 0) is 56.4 Å². The summed E-state index contributed by atoms with van der Waals surface area (Å²) in [4.78, 5) is 30.1. The van der Waals surface area contributed by atoms with Crippen molar-refractivity contribution >= 4 is 11.8 Å². The Morgan fingerprint density at radius 2 is 1.74 bits per heavy atom. The molecule has 0 bridgehead atoms. The Kier molecular flexibility index (Phi) is 9.58. The van der Waals surface area contributed by atoms with Crippen LogP contribution in [0.3, 0.4) is 0 Å². The zero-order valence-corrected chi connectivity index (χ0v) is 21.3. The number of ether oxygens (including phenoxy) is 1. The molecule has 7 heteroatoms. The third-order valence-electron chi connectivity index (χ3n) is 8.46. The van der Waals surface area contributed by atoms with Gasteiger partial charge in [0.15, 0.2) is 0 Å². The van der Waals surface area contributed by atoms with Crippen molar-refractivity contribution in [1.29, 1.82) is 0 Å². The quantitative estimate of drug-likeness (QED) is 0.372. The molecule has 3 fully saturated rings. The summed E-state index contributed by atoms with van der Waals surface area (Å²) < 4.78 is 5.53. The van der Waals surface area contributed by atoms with E-state index in [4.69, 9.17) is 10.5 Å². The lowest BCUT2D eigenvalue weighted by atomic mass is 9.84. The van der Waals surface area contributed by atoms with E-state index in [9.17, 15) is 9.59 Å². The summed E-state index contributed by atoms with van der Waals surface area (Å²) in [6, 6.07) is 11.2. The molecule has 4 rings (SSSR count). The number of carbonyl (C=O) groups excluding carboxylic acids is 2. The van der Waals surface area contributed by atoms with E-state index < -0.39 is 11.3 Å². The van der Waals surface area contributed by atoms with Gasteiger partial charge in [0.25, 0.3) is 0 Å². The molecular formula is C28H44N4O3. The number of amides is 2. The van der Waals surface area contributed by atoms with Crippen LogP contribution in [0, 0.1) is 11.3 Å². The first-order valence-electron chi connectivity index (χ1n) is 13.7. The van der Waals surface area contributed by atoms with Gasteiger partial charge in [-0.25, -0.2) is 0 Å². The van der Waals surface area contributed by atoms with Crippen molar-refractivity contribution in [2.24, 2.45) is 17.1 Å². The SMILES string of the molecule is NC(=O)C1(C(=O)NCCCC(Cc2ccccc2)N2CCN(CC3CCOCC3)CC2)CCCC1. The van der Waals surface area contributed by atoms with E-state index in [1.165, 1.54) is 24.9 Å². The Morgan fingerprint density at radius 1 is 1.06 bits per heavy atom. The number of primary amides is 1. The number of hydrogen-bond donors (Lipinski definition) is 2. The number of piperazine rings is 1. The first kappa shape index (κ1) is 26.1. The summed E-state index contributed by atoms with van der Waals surface area (Å²) in [6.07, 6.45) is 8.32. The van der Waals surface area contributed by atoms with E-state index >= 15 is 0 Å². The lowest BCUT2D eigenvalue weighted by Crippen LogP contribution is -2.52. The minimum absolute atomic E-state index is 0.163. The monoisotopic (exact) mass is 484 g/mol. The van der Waals surface area contributed by atoms with Gasteiger partial charge in [-0.1, -0.05) is 43.2 Å². The molecule has 2 saturated heterocycles. The van der Waals surface area contributed by atoms with Gasteiger partial charge >= 0.3 is 0 Å².